The van der Waals surface area contributed by atoms with E-state index in [-0.39, 0.29) is 24.9 Å². The van der Waals surface area contributed by atoms with Gasteiger partial charge in [-0.3, -0.25) is 9.59 Å². The van der Waals surface area contributed by atoms with Crippen molar-refractivity contribution < 1.29 is 19.1 Å². The molecule has 0 radical (unpaired) electrons. The summed E-state index contributed by atoms with van der Waals surface area (Å²) >= 11 is 0. The van der Waals surface area contributed by atoms with Crippen LogP contribution < -0.4 is 15.8 Å². The van der Waals surface area contributed by atoms with Gasteiger partial charge >= 0.3 is 5.97 Å². The molecule has 1 aromatic heterocycles. The number of nitrogens with one attached hydrogen (secondary N) is 1. The Labute approximate surface area is 122 Å². The Hall–Kier alpha value is -2.15. The lowest BCUT2D eigenvalue weighted by Gasteiger charge is -2.21. The maximum atomic E-state index is 11.8. The Kier molecular flexibility index (Phi) is 4.13. The molecule has 0 saturated heterocycles. The van der Waals surface area contributed by atoms with Gasteiger partial charge in [-0.1, -0.05) is 0 Å². The third-order valence-corrected chi connectivity index (χ3v) is 2.68. The summed E-state index contributed by atoms with van der Waals surface area (Å²) in [5.41, 5.74) is 6.43. The number of anilines is 1. The van der Waals surface area contributed by atoms with Crippen molar-refractivity contribution >= 4 is 17.6 Å². The molecule has 3 N–H and O–H groups in total. The minimum Gasteiger partial charge on any atom is -0.466 e. The molecule has 21 heavy (non-hydrogen) atoms. The number of aromatic nitrogens is 1. The van der Waals surface area contributed by atoms with E-state index in [4.69, 9.17) is 15.2 Å². The Morgan fingerprint density at radius 2 is 2.24 bits per heavy atom. The van der Waals surface area contributed by atoms with Crippen molar-refractivity contribution in [2.45, 2.75) is 38.8 Å². The Morgan fingerprint density at radius 1 is 1.52 bits per heavy atom. The highest BCUT2D eigenvalue weighted by Gasteiger charge is 2.22. The van der Waals surface area contributed by atoms with Gasteiger partial charge in [-0.2, -0.15) is 0 Å². The van der Waals surface area contributed by atoms with Crippen LogP contribution >= 0.6 is 0 Å². The molecule has 7 nitrogen and oxygen atoms in total. The highest BCUT2D eigenvalue weighted by atomic mass is 16.6. The summed E-state index contributed by atoms with van der Waals surface area (Å²) in [6, 6.07) is 2.72. The van der Waals surface area contributed by atoms with Crippen LogP contribution in [0.3, 0.4) is 0 Å². The molecule has 7 heteroatoms. The van der Waals surface area contributed by atoms with Crippen LogP contribution in [-0.4, -0.2) is 29.1 Å². The van der Waals surface area contributed by atoms with Crippen LogP contribution in [0.25, 0.3) is 0 Å². The maximum Gasteiger partial charge on any atom is 0.308 e. The largest absolute Gasteiger partial charge is 0.466 e. The Balaban J connectivity index is 2.05. The molecular formula is C14H19N3O4. The van der Waals surface area contributed by atoms with E-state index in [0.29, 0.717) is 17.3 Å². The predicted molar refractivity (Wildman–Crippen MR) is 75.8 cm³/mol. The van der Waals surface area contributed by atoms with E-state index in [9.17, 15) is 9.59 Å². The quantitative estimate of drug-likeness (QED) is 0.810. The second kappa shape index (κ2) is 5.69. The van der Waals surface area contributed by atoms with Crippen molar-refractivity contribution in [1.82, 2.24) is 4.98 Å². The lowest BCUT2D eigenvalue weighted by molar-refractivity contribution is -0.155. The molecule has 0 saturated carbocycles. The summed E-state index contributed by atoms with van der Waals surface area (Å²) in [5, 5.41) is 2.64. The number of ether oxygens (including phenoxy) is 2. The minimum atomic E-state index is -0.591. The number of nitrogens with zero attached hydrogens (tertiary/aromatic N) is 1. The first kappa shape index (κ1) is 15.2. The smallest absolute Gasteiger partial charge is 0.308 e. The summed E-state index contributed by atoms with van der Waals surface area (Å²) in [6.45, 7) is 5.31. The van der Waals surface area contributed by atoms with Crippen LogP contribution in [0.4, 0.5) is 5.69 Å². The van der Waals surface area contributed by atoms with E-state index >= 15 is 0 Å². The second-order valence-corrected chi connectivity index (χ2v) is 5.82. The topological polar surface area (TPSA) is 104 Å². The number of carbonyl (C=O) groups is 2. The average molecular weight is 293 g/mol. The molecule has 1 aromatic rings. The van der Waals surface area contributed by atoms with Gasteiger partial charge < -0.3 is 20.5 Å². The zero-order valence-corrected chi connectivity index (χ0v) is 12.3. The number of amides is 1. The standard InChI is InChI=1S/C14H19N3O4/c1-14(2,3)21-12(19)6-8(15)9-4-5-10-13(17-9)20-7-11(18)16-10/h4-5,8H,6-7,15H2,1-3H3,(H,16,18)/t8-/m0/s1. The Morgan fingerprint density at radius 3 is 2.90 bits per heavy atom. The predicted octanol–water partition coefficient (Wildman–Crippen LogP) is 1.14. The van der Waals surface area contributed by atoms with Crippen molar-refractivity contribution in [3.63, 3.8) is 0 Å². The van der Waals surface area contributed by atoms with Crippen molar-refractivity contribution in [2.75, 3.05) is 11.9 Å². The van der Waals surface area contributed by atoms with E-state index in [1.807, 2.05) is 0 Å². The molecule has 0 spiro atoms. The lowest BCUT2D eigenvalue weighted by Crippen LogP contribution is -2.28. The number of fused-ring (bicyclic) bond motifs is 1. The number of nitrogens with two attached hydrogens (primary N) is 1. The molecule has 1 aliphatic heterocycles. The van der Waals surface area contributed by atoms with Crippen LogP contribution in [0.2, 0.25) is 0 Å². The van der Waals surface area contributed by atoms with E-state index in [1.165, 1.54) is 0 Å². The molecule has 0 aliphatic carbocycles. The third-order valence-electron chi connectivity index (χ3n) is 2.68. The molecule has 1 aliphatic rings. The summed E-state index contributed by atoms with van der Waals surface area (Å²) in [5.74, 6) is -0.300. The average Bonchev–Trinajstić information content (AvgIpc) is 2.35. The SMILES string of the molecule is CC(C)(C)OC(=O)C[C@H](N)c1ccc2c(n1)OCC(=O)N2. The van der Waals surface area contributed by atoms with Gasteiger partial charge in [0.25, 0.3) is 5.91 Å². The fourth-order valence-corrected chi connectivity index (χ4v) is 1.85. The van der Waals surface area contributed by atoms with Crippen LogP contribution in [0.5, 0.6) is 5.88 Å². The van der Waals surface area contributed by atoms with Crippen molar-refractivity contribution in [3.8, 4) is 5.88 Å². The van der Waals surface area contributed by atoms with E-state index in [0.717, 1.165) is 0 Å². The fraction of sp³-hybridized carbons (Fsp3) is 0.500. The minimum absolute atomic E-state index is 0.0232. The van der Waals surface area contributed by atoms with Crippen LogP contribution in [0.15, 0.2) is 12.1 Å². The van der Waals surface area contributed by atoms with Crippen LogP contribution in [0, 0.1) is 0 Å². The highest BCUT2D eigenvalue weighted by molar-refractivity contribution is 5.94. The molecule has 1 amide bonds. The number of pyridine rings is 1. The number of hydrogen-bond acceptors (Lipinski definition) is 6. The zero-order valence-electron chi connectivity index (χ0n) is 12.3. The number of esters is 1. The highest BCUT2D eigenvalue weighted by Crippen LogP contribution is 2.27. The van der Waals surface area contributed by atoms with Gasteiger partial charge in [0, 0.05) is 0 Å². The molecule has 0 fully saturated rings. The second-order valence-electron chi connectivity index (χ2n) is 5.82. The summed E-state index contributed by atoms with van der Waals surface area (Å²) < 4.78 is 10.4. The van der Waals surface area contributed by atoms with Gasteiger partial charge in [-0.15, -0.1) is 0 Å². The number of carbonyl (C=O) groups excluding carboxylic acids is 2. The zero-order chi connectivity index (χ0) is 15.6. The van der Waals surface area contributed by atoms with Crippen molar-refractivity contribution in [3.05, 3.63) is 17.8 Å². The normalized spacial score (nSPS) is 15.5. The molecule has 2 heterocycles. The fourth-order valence-electron chi connectivity index (χ4n) is 1.85. The van der Waals surface area contributed by atoms with Gasteiger partial charge in [-0.25, -0.2) is 4.98 Å². The van der Waals surface area contributed by atoms with Gasteiger partial charge in [-0.05, 0) is 32.9 Å². The van der Waals surface area contributed by atoms with Crippen LogP contribution in [-0.2, 0) is 14.3 Å². The number of hydrogen-bond donors (Lipinski definition) is 2. The molecule has 2 rings (SSSR count). The van der Waals surface area contributed by atoms with Crippen molar-refractivity contribution in [1.29, 1.82) is 0 Å². The first-order valence-corrected chi connectivity index (χ1v) is 6.65. The summed E-state index contributed by atoms with van der Waals surface area (Å²) in [4.78, 5) is 27.2. The van der Waals surface area contributed by atoms with E-state index in [2.05, 4.69) is 10.3 Å². The lowest BCUT2D eigenvalue weighted by atomic mass is 10.1. The number of rotatable bonds is 3. The molecular weight excluding hydrogens is 274 g/mol. The van der Waals surface area contributed by atoms with Gasteiger partial charge in [0.05, 0.1) is 18.2 Å². The van der Waals surface area contributed by atoms with Crippen molar-refractivity contribution in [2.24, 2.45) is 5.73 Å². The van der Waals surface area contributed by atoms with E-state index < -0.39 is 11.6 Å². The maximum absolute atomic E-state index is 11.8. The molecule has 0 bridgehead atoms. The molecule has 0 aromatic carbocycles. The molecule has 114 valence electrons. The van der Waals surface area contributed by atoms with Gasteiger partial charge in [0.2, 0.25) is 5.88 Å². The van der Waals surface area contributed by atoms with Crippen LogP contribution in [0.1, 0.15) is 38.9 Å². The van der Waals surface area contributed by atoms with Gasteiger partial charge in [0.1, 0.15) is 11.3 Å². The monoisotopic (exact) mass is 293 g/mol. The van der Waals surface area contributed by atoms with Gasteiger partial charge in [0.15, 0.2) is 6.61 Å². The molecule has 0 unspecified atom stereocenters. The summed E-state index contributed by atoms with van der Waals surface area (Å²) in [7, 11) is 0. The first-order valence-electron chi connectivity index (χ1n) is 6.65. The first-order chi connectivity index (χ1) is 9.74. The third kappa shape index (κ3) is 4.16. The summed E-state index contributed by atoms with van der Waals surface area (Å²) in [6.07, 6.45) is 0.0232. The molecule has 1 atom stereocenters. The van der Waals surface area contributed by atoms with E-state index in [1.54, 1.807) is 32.9 Å². The Bertz CT molecular complexity index is 566.